The molecule has 1 aromatic rings. The highest BCUT2D eigenvalue weighted by atomic mass is 16.2. The van der Waals surface area contributed by atoms with E-state index in [0.29, 0.717) is 17.3 Å². The fourth-order valence-electron chi connectivity index (χ4n) is 2.28. The van der Waals surface area contributed by atoms with Crippen molar-refractivity contribution >= 4 is 11.6 Å². The van der Waals surface area contributed by atoms with Gasteiger partial charge in [0, 0.05) is 12.6 Å². The fraction of sp³-hybridized carbons (Fsp3) is 0.533. The van der Waals surface area contributed by atoms with E-state index in [1.54, 1.807) is 0 Å². The van der Waals surface area contributed by atoms with Gasteiger partial charge in [-0.3, -0.25) is 10.6 Å². The molecule has 2 rings (SSSR count). The smallest absolute Gasteiger partial charge is 0.256 e. The number of nitrogens with zero attached hydrogens (tertiary/aromatic N) is 1. The van der Waals surface area contributed by atoms with Gasteiger partial charge in [-0.25, -0.2) is 0 Å². The van der Waals surface area contributed by atoms with Crippen LogP contribution < -0.4 is 11.3 Å². The summed E-state index contributed by atoms with van der Waals surface area (Å²) in [4.78, 5) is 14.7. The monoisotopic (exact) mass is 261 g/mol. The second-order valence-corrected chi connectivity index (χ2v) is 5.28. The summed E-state index contributed by atoms with van der Waals surface area (Å²) in [5, 5.41) is 0. The zero-order valence-electron chi connectivity index (χ0n) is 11.8. The summed E-state index contributed by atoms with van der Waals surface area (Å²) >= 11 is 0. The molecule has 19 heavy (non-hydrogen) atoms. The zero-order chi connectivity index (χ0) is 13.8. The summed E-state index contributed by atoms with van der Waals surface area (Å²) < 4.78 is 0. The topological polar surface area (TPSA) is 58.4 Å². The molecule has 1 aromatic carbocycles. The van der Waals surface area contributed by atoms with Gasteiger partial charge >= 0.3 is 0 Å². The van der Waals surface area contributed by atoms with Crippen LogP contribution in [-0.2, 0) is 0 Å². The molecule has 4 nitrogen and oxygen atoms in total. The van der Waals surface area contributed by atoms with Crippen LogP contribution in [-0.4, -0.2) is 23.4 Å². The van der Waals surface area contributed by atoms with Gasteiger partial charge in [0.2, 0.25) is 0 Å². The molecule has 1 amide bonds. The number of nitrogens with two attached hydrogens (primary N) is 1. The molecule has 0 bridgehead atoms. The minimum atomic E-state index is 0.104. The Morgan fingerprint density at radius 2 is 2.21 bits per heavy atom. The Morgan fingerprint density at radius 1 is 1.47 bits per heavy atom. The Morgan fingerprint density at radius 3 is 2.79 bits per heavy atom. The minimum Gasteiger partial charge on any atom is -0.336 e. The van der Waals surface area contributed by atoms with Gasteiger partial charge in [0.05, 0.1) is 11.3 Å². The van der Waals surface area contributed by atoms with Crippen molar-refractivity contribution in [1.29, 1.82) is 0 Å². The van der Waals surface area contributed by atoms with Crippen LogP contribution in [0.4, 0.5) is 5.69 Å². The van der Waals surface area contributed by atoms with Crippen LogP contribution in [0.5, 0.6) is 0 Å². The highest BCUT2D eigenvalue weighted by Gasteiger charge is 2.33. The molecule has 0 unspecified atom stereocenters. The lowest BCUT2D eigenvalue weighted by Crippen LogP contribution is -2.34. The number of hydrogen-bond donors (Lipinski definition) is 2. The molecular weight excluding hydrogens is 238 g/mol. The van der Waals surface area contributed by atoms with Crippen LogP contribution in [0.15, 0.2) is 18.2 Å². The Kier molecular flexibility index (Phi) is 4.43. The Bertz CT molecular complexity index is 455. The molecule has 0 heterocycles. The molecule has 1 aliphatic carbocycles. The van der Waals surface area contributed by atoms with Crippen LogP contribution >= 0.6 is 0 Å². The molecule has 0 aromatic heterocycles. The quantitative estimate of drug-likeness (QED) is 0.611. The third-order valence-electron chi connectivity index (χ3n) is 3.56. The number of hydrazine groups is 1. The molecule has 1 fully saturated rings. The third-order valence-corrected chi connectivity index (χ3v) is 3.56. The molecule has 0 radical (unpaired) electrons. The summed E-state index contributed by atoms with van der Waals surface area (Å²) in [5.41, 5.74) is 5.10. The maximum absolute atomic E-state index is 12.7. The lowest BCUT2D eigenvalue weighted by Gasteiger charge is -2.23. The highest BCUT2D eigenvalue weighted by Crippen LogP contribution is 2.30. The van der Waals surface area contributed by atoms with Crippen LogP contribution in [0.1, 0.15) is 48.5 Å². The van der Waals surface area contributed by atoms with Gasteiger partial charge in [-0.15, -0.1) is 0 Å². The first-order chi connectivity index (χ1) is 9.17. The largest absolute Gasteiger partial charge is 0.336 e. The number of nitrogens with one attached hydrogen (secondary N) is 1. The number of rotatable bonds is 6. The van der Waals surface area contributed by atoms with Crippen molar-refractivity contribution in [2.75, 3.05) is 12.0 Å². The van der Waals surface area contributed by atoms with Crippen LogP contribution in [0.25, 0.3) is 0 Å². The predicted molar refractivity (Wildman–Crippen MR) is 78.0 cm³/mol. The molecule has 0 saturated heterocycles. The summed E-state index contributed by atoms with van der Waals surface area (Å²) in [6.07, 6.45) is 4.42. The number of benzene rings is 1. The number of carbonyl (C=O) groups excluding carboxylic acids is 1. The number of unbranched alkanes of at least 4 members (excludes halogenated alkanes) is 1. The average molecular weight is 261 g/mol. The molecule has 0 atom stereocenters. The second kappa shape index (κ2) is 6.06. The fourth-order valence-corrected chi connectivity index (χ4v) is 2.28. The molecule has 0 aliphatic heterocycles. The van der Waals surface area contributed by atoms with E-state index < -0.39 is 0 Å². The van der Waals surface area contributed by atoms with E-state index in [1.807, 2.05) is 30.0 Å². The van der Waals surface area contributed by atoms with E-state index in [9.17, 15) is 4.79 Å². The average Bonchev–Trinajstić information content (AvgIpc) is 3.23. The lowest BCUT2D eigenvalue weighted by molar-refractivity contribution is 0.0741. The second-order valence-electron chi connectivity index (χ2n) is 5.28. The maximum atomic E-state index is 12.7. The number of amides is 1. The third kappa shape index (κ3) is 3.26. The first kappa shape index (κ1) is 13.9. The molecule has 1 saturated carbocycles. The summed E-state index contributed by atoms with van der Waals surface area (Å²) in [6, 6.07) is 6.18. The van der Waals surface area contributed by atoms with Gasteiger partial charge in [-0.1, -0.05) is 25.0 Å². The Labute approximate surface area is 114 Å². The number of carbonyl (C=O) groups is 1. The van der Waals surface area contributed by atoms with E-state index >= 15 is 0 Å². The van der Waals surface area contributed by atoms with Gasteiger partial charge in [0.25, 0.3) is 5.91 Å². The van der Waals surface area contributed by atoms with E-state index in [0.717, 1.165) is 37.8 Å². The van der Waals surface area contributed by atoms with E-state index in [4.69, 9.17) is 5.84 Å². The van der Waals surface area contributed by atoms with Crippen molar-refractivity contribution < 1.29 is 4.79 Å². The molecule has 4 heteroatoms. The molecule has 0 spiro atoms. The van der Waals surface area contributed by atoms with Gasteiger partial charge in [-0.05, 0) is 38.3 Å². The predicted octanol–water partition coefficient (Wildman–Crippen LogP) is 2.69. The van der Waals surface area contributed by atoms with Gasteiger partial charge in [-0.2, -0.15) is 0 Å². The van der Waals surface area contributed by atoms with Crippen molar-refractivity contribution in [3.8, 4) is 0 Å². The van der Waals surface area contributed by atoms with Crippen LogP contribution in [0.2, 0.25) is 0 Å². The number of anilines is 1. The number of hydrogen-bond acceptors (Lipinski definition) is 3. The van der Waals surface area contributed by atoms with Crippen molar-refractivity contribution in [3.05, 3.63) is 29.3 Å². The molecular formula is C15H23N3O. The van der Waals surface area contributed by atoms with E-state index in [2.05, 4.69) is 12.3 Å². The summed E-state index contributed by atoms with van der Waals surface area (Å²) in [7, 11) is 0. The van der Waals surface area contributed by atoms with E-state index in [-0.39, 0.29) is 5.91 Å². The van der Waals surface area contributed by atoms with Gasteiger partial charge in [0.1, 0.15) is 0 Å². The standard InChI is InChI=1S/C15H23N3O/c1-3-4-9-18(12-6-7-12)15(19)13-10-11(2)5-8-14(13)17-16/h5,8,10,12,17H,3-4,6-7,9,16H2,1-2H3. The van der Waals surface area contributed by atoms with Gasteiger partial charge in [0.15, 0.2) is 0 Å². The van der Waals surface area contributed by atoms with Crippen molar-refractivity contribution in [3.63, 3.8) is 0 Å². The summed E-state index contributed by atoms with van der Waals surface area (Å²) in [5.74, 6) is 5.61. The van der Waals surface area contributed by atoms with Crippen molar-refractivity contribution in [2.24, 2.45) is 5.84 Å². The maximum Gasteiger partial charge on any atom is 0.256 e. The summed E-state index contributed by atoms with van der Waals surface area (Å²) in [6.45, 7) is 4.98. The first-order valence-corrected chi connectivity index (χ1v) is 7.05. The SMILES string of the molecule is CCCCN(C(=O)c1cc(C)ccc1NN)C1CC1. The molecule has 3 N–H and O–H groups in total. The Hall–Kier alpha value is -1.55. The van der Waals surface area contributed by atoms with Crippen LogP contribution in [0.3, 0.4) is 0 Å². The zero-order valence-corrected chi connectivity index (χ0v) is 11.8. The molecule has 104 valence electrons. The van der Waals surface area contributed by atoms with Crippen molar-refractivity contribution in [1.82, 2.24) is 4.90 Å². The Balaban J connectivity index is 2.22. The highest BCUT2D eigenvalue weighted by molar-refractivity contribution is 6.00. The van der Waals surface area contributed by atoms with Crippen LogP contribution in [0, 0.1) is 6.92 Å². The molecule has 1 aliphatic rings. The van der Waals surface area contributed by atoms with Gasteiger partial charge < -0.3 is 10.3 Å². The number of aryl methyl sites for hydroxylation is 1. The van der Waals surface area contributed by atoms with Crippen molar-refractivity contribution in [2.45, 2.75) is 45.6 Å². The lowest BCUT2D eigenvalue weighted by atomic mass is 10.1. The normalized spacial score (nSPS) is 14.3. The minimum absolute atomic E-state index is 0.104. The van der Waals surface area contributed by atoms with E-state index in [1.165, 1.54) is 0 Å². The number of nitrogen functional groups attached to an aromatic ring is 1. The first-order valence-electron chi connectivity index (χ1n) is 7.05.